The highest BCUT2D eigenvalue weighted by molar-refractivity contribution is 5.74. The van der Waals surface area contributed by atoms with Gasteiger partial charge < -0.3 is 0 Å². The van der Waals surface area contributed by atoms with E-state index in [2.05, 4.69) is 4.98 Å². The lowest BCUT2D eigenvalue weighted by Gasteiger charge is -1.87. The molecule has 1 aromatic rings. The predicted molar refractivity (Wildman–Crippen MR) is 29.6 cm³/mol. The number of pyridine rings is 1. The minimum Gasteiger partial charge on any atom is -0.298 e. The van der Waals surface area contributed by atoms with Crippen molar-refractivity contribution in [2.24, 2.45) is 0 Å². The van der Waals surface area contributed by atoms with Gasteiger partial charge in [0.05, 0.1) is 5.56 Å². The van der Waals surface area contributed by atoms with Gasteiger partial charge in [0, 0.05) is 6.20 Å². The third-order valence-corrected chi connectivity index (χ3v) is 0.915. The van der Waals surface area contributed by atoms with Crippen molar-refractivity contribution in [3.63, 3.8) is 0 Å². The molecule has 0 spiro atoms. The molecule has 1 heterocycles. The van der Waals surface area contributed by atoms with Crippen molar-refractivity contribution in [2.45, 2.75) is 0 Å². The highest BCUT2D eigenvalue weighted by Gasteiger charge is 1.96. The van der Waals surface area contributed by atoms with Crippen LogP contribution < -0.4 is 0 Å². The van der Waals surface area contributed by atoms with Crippen molar-refractivity contribution in [1.29, 1.82) is 0 Å². The van der Waals surface area contributed by atoms with Crippen molar-refractivity contribution in [2.75, 3.05) is 0 Å². The van der Waals surface area contributed by atoms with E-state index in [4.69, 9.17) is 0 Å². The maximum absolute atomic E-state index is 12.2. The Bertz CT molecular complexity index is 224. The Kier molecular flexibility index (Phi) is 1.53. The molecule has 0 fully saturated rings. The number of nitrogens with zero attached hydrogens (tertiary/aromatic N) is 1. The molecule has 0 amide bonds. The van der Waals surface area contributed by atoms with E-state index in [1.807, 2.05) is 0 Å². The number of aromatic nitrogens is 1. The molecule has 1 aromatic heterocycles. The molecule has 0 N–H and O–H groups in total. The van der Waals surface area contributed by atoms with Gasteiger partial charge in [-0.2, -0.15) is 4.39 Å². The quantitative estimate of drug-likeness (QED) is 0.413. The van der Waals surface area contributed by atoms with Crippen LogP contribution in [0.15, 0.2) is 18.3 Å². The van der Waals surface area contributed by atoms with Gasteiger partial charge >= 0.3 is 0 Å². The molecule has 0 bridgehead atoms. The topological polar surface area (TPSA) is 30.0 Å². The largest absolute Gasteiger partial charge is 0.298 e. The number of hydrogen-bond acceptors (Lipinski definition) is 2. The third-order valence-electron chi connectivity index (χ3n) is 0.915. The van der Waals surface area contributed by atoms with E-state index in [9.17, 15) is 9.18 Å². The smallest absolute Gasteiger partial charge is 0.223 e. The monoisotopic (exact) mass is 124 g/mol. The Hall–Kier alpha value is -1.25. The van der Waals surface area contributed by atoms with E-state index < -0.39 is 5.95 Å². The standard InChI is InChI=1S/C6H4FNO/c7-6-5(4-9)2-1-3-8-6/h1-4H/i7-1. The first kappa shape index (κ1) is 5.88. The summed E-state index contributed by atoms with van der Waals surface area (Å²) < 4.78 is 12.2. The Balaban J connectivity index is 3.15. The summed E-state index contributed by atoms with van der Waals surface area (Å²) in [5.41, 5.74) is -0.00231. The van der Waals surface area contributed by atoms with Crippen LogP contribution >= 0.6 is 0 Å². The van der Waals surface area contributed by atoms with Crippen molar-refractivity contribution in [1.82, 2.24) is 4.98 Å². The Morgan fingerprint density at radius 1 is 1.67 bits per heavy atom. The van der Waals surface area contributed by atoms with Crippen LogP contribution in [0, 0.1) is 5.95 Å². The van der Waals surface area contributed by atoms with E-state index in [0.29, 0.717) is 6.29 Å². The number of carbonyl (C=O) groups excluding carboxylic acids is 1. The first-order valence-electron chi connectivity index (χ1n) is 2.40. The van der Waals surface area contributed by atoms with Crippen molar-refractivity contribution >= 4 is 6.29 Å². The molecule has 2 nitrogen and oxygen atoms in total. The molecular formula is C6H4FNO. The molecule has 0 saturated heterocycles. The summed E-state index contributed by atoms with van der Waals surface area (Å²) in [4.78, 5) is 13.2. The summed E-state index contributed by atoms with van der Waals surface area (Å²) in [6.07, 6.45) is 1.73. The number of hydrogen-bond donors (Lipinski definition) is 0. The van der Waals surface area contributed by atoms with Crippen molar-refractivity contribution < 1.29 is 9.18 Å². The van der Waals surface area contributed by atoms with Gasteiger partial charge in [0.15, 0.2) is 6.29 Å². The molecule has 0 aliphatic rings. The molecule has 9 heavy (non-hydrogen) atoms. The molecule has 0 saturated carbocycles. The van der Waals surface area contributed by atoms with Crippen LogP contribution in [0.1, 0.15) is 10.4 Å². The van der Waals surface area contributed by atoms with Crippen LogP contribution in [-0.2, 0) is 0 Å². The average molecular weight is 124 g/mol. The molecule has 0 aromatic carbocycles. The molecule has 0 atom stereocenters. The summed E-state index contributed by atoms with van der Waals surface area (Å²) >= 11 is 0. The molecular weight excluding hydrogens is 120 g/mol. The lowest BCUT2D eigenvalue weighted by Crippen LogP contribution is -1.88. The highest BCUT2D eigenvalue weighted by atomic mass is 18.2. The van der Waals surface area contributed by atoms with Crippen LogP contribution in [0.5, 0.6) is 0 Å². The van der Waals surface area contributed by atoms with Crippen LogP contribution in [0.2, 0.25) is 0 Å². The Morgan fingerprint density at radius 2 is 2.44 bits per heavy atom. The fraction of sp³-hybridized carbons (Fsp3) is 0. The highest BCUT2D eigenvalue weighted by Crippen LogP contribution is 1.97. The van der Waals surface area contributed by atoms with Crippen LogP contribution in [-0.4, -0.2) is 11.3 Å². The zero-order valence-electron chi connectivity index (χ0n) is 4.54. The number of rotatable bonds is 1. The zero-order chi connectivity index (χ0) is 6.69. The first-order valence-corrected chi connectivity index (χ1v) is 2.40. The molecule has 3 heteroatoms. The predicted octanol–water partition coefficient (Wildman–Crippen LogP) is 1.03. The van der Waals surface area contributed by atoms with Crippen LogP contribution in [0.4, 0.5) is 4.39 Å². The number of halogens is 1. The maximum atomic E-state index is 12.2. The normalized spacial score (nSPS) is 9.00. The van der Waals surface area contributed by atoms with E-state index in [1.165, 1.54) is 18.3 Å². The Morgan fingerprint density at radius 3 is 2.89 bits per heavy atom. The minimum absolute atomic E-state index is 0.00231. The summed E-state index contributed by atoms with van der Waals surface area (Å²) in [6.45, 7) is 0. The lowest BCUT2D eigenvalue weighted by molar-refractivity contribution is 0.111. The maximum Gasteiger partial charge on any atom is 0.223 e. The van der Waals surface area contributed by atoms with Gasteiger partial charge in [-0.25, -0.2) is 4.98 Å². The third kappa shape index (κ3) is 1.10. The first-order chi connectivity index (χ1) is 4.34. The van der Waals surface area contributed by atoms with Crippen LogP contribution in [0.3, 0.4) is 0 Å². The molecule has 0 aliphatic heterocycles. The molecule has 0 aliphatic carbocycles. The summed E-state index contributed by atoms with van der Waals surface area (Å²) in [5.74, 6) is -0.715. The number of aldehydes is 1. The van der Waals surface area contributed by atoms with Gasteiger partial charge in [0.1, 0.15) is 0 Å². The molecule has 0 radical (unpaired) electrons. The fourth-order valence-corrected chi connectivity index (χ4v) is 0.486. The van der Waals surface area contributed by atoms with Gasteiger partial charge in [-0.3, -0.25) is 4.79 Å². The second-order valence-electron chi connectivity index (χ2n) is 1.50. The second kappa shape index (κ2) is 2.35. The van der Waals surface area contributed by atoms with E-state index >= 15 is 0 Å². The van der Waals surface area contributed by atoms with Gasteiger partial charge in [-0.15, -0.1) is 0 Å². The lowest BCUT2D eigenvalue weighted by atomic mass is 10.3. The van der Waals surface area contributed by atoms with E-state index in [0.717, 1.165) is 0 Å². The Labute approximate surface area is 51.3 Å². The molecule has 46 valence electrons. The summed E-state index contributed by atoms with van der Waals surface area (Å²) in [6, 6.07) is 2.88. The number of carbonyl (C=O) groups is 1. The zero-order valence-corrected chi connectivity index (χ0v) is 4.54. The fourth-order valence-electron chi connectivity index (χ4n) is 0.486. The van der Waals surface area contributed by atoms with Crippen LogP contribution in [0.25, 0.3) is 0 Å². The van der Waals surface area contributed by atoms with Gasteiger partial charge in [0.25, 0.3) is 0 Å². The van der Waals surface area contributed by atoms with Crippen molar-refractivity contribution in [3.05, 3.63) is 29.8 Å². The summed E-state index contributed by atoms with van der Waals surface area (Å²) in [5, 5.41) is 0. The van der Waals surface area contributed by atoms with E-state index in [1.54, 1.807) is 0 Å². The van der Waals surface area contributed by atoms with Gasteiger partial charge in [-0.05, 0) is 12.1 Å². The average Bonchev–Trinajstić information content (AvgIpc) is 1.89. The second-order valence-corrected chi connectivity index (χ2v) is 1.50. The minimum atomic E-state index is -0.715. The SMILES string of the molecule is O=Cc1cccnc1[18F]. The molecule has 0 unspecified atom stereocenters. The van der Waals surface area contributed by atoms with Gasteiger partial charge in [0.2, 0.25) is 5.95 Å². The van der Waals surface area contributed by atoms with Crippen molar-refractivity contribution in [3.8, 4) is 0 Å². The molecule has 1 rings (SSSR count). The van der Waals surface area contributed by atoms with Gasteiger partial charge in [-0.1, -0.05) is 0 Å². The van der Waals surface area contributed by atoms with E-state index in [-0.39, 0.29) is 5.56 Å². The summed E-state index contributed by atoms with van der Waals surface area (Å²) in [7, 11) is 0.